The summed E-state index contributed by atoms with van der Waals surface area (Å²) in [6.07, 6.45) is 4.17. The van der Waals surface area contributed by atoms with E-state index in [0.717, 1.165) is 70.5 Å². The zero-order valence-electron chi connectivity index (χ0n) is 49.4. The van der Waals surface area contributed by atoms with Crippen LogP contribution in [0.1, 0.15) is 98.1 Å². The molecule has 7 aromatic rings. The van der Waals surface area contributed by atoms with Crippen molar-refractivity contribution in [3.05, 3.63) is 203 Å². The van der Waals surface area contributed by atoms with E-state index in [-0.39, 0.29) is 92.4 Å². The number of hydrogen-bond acceptors (Lipinski definition) is 14. The number of hydrogen-bond donors (Lipinski definition) is 3. The third-order valence-corrected chi connectivity index (χ3v) is 16.6. The fourth-order valence-electron chi connectivity index (χ4n) is 12.6. The van der Waals surface area contributed by atoms with Crippen LogP contribution in [0.25, 0.3) is 10.9 Å². The van der Waals surface area contributed by atoms with Gasteiger partial charge in [0.2, 0.25) is 0 Å². The molecule has 3 fully saturated rings. The highest BCUT2D eigenvalue weighted by Gasteiger charge is 2.42. The van der Waals surface area contributed by atoms with Crippen molar-refractivity contribution in [2.24, 2.45) is 0 Å². The number of esters is 3. The number of aromatic nitrogens is 1. The number of amides is 3. The molecule has 0 saturated carbocycles. The Morgan fingerprint density at radius 2 is 0.793 bits per heavy atom. The Kier molecular flexibility index (Phi) is 20.4. The molecular weight excluding hydrogens is 1100 g/mol. The van der Waals surface area contributed by atoms with Crippen LogP contribution in [0.4, 0.5) is 25.8 Å². The Labute approximate surface area is 507 Å². The summed E-state index contributed by atoms with van der Waals surface area (Å²) in [5.41, 5.74) is 9.90. The first-order chi connectivity index (χ1) is 42.3. The van der Waals surface area contributed by atoms with E-state index >= 15 is 0 Å². The summed E-state index contributed by atoms with van der Waals surface area (Å²) < 4.78 is 32.9. The van der Waals surface area contributed by atoms with Gasteiger partial charge >= 0.3 is 36.2 Å². The molecule has 3 N–H and O–H groups in total. The number of ether oxygens (including phenoxy) is 6. The van der Waals surface area contributed by atoms with Crippen molar-refractivity contribution in [3.8, 4) is 0 Å². The fraction of sp³-hybridized carbons (Fsp3) is 0.362. The molecule has 454 valence electrons. The zero-order valence-corrected chi connectivity index (χ0v) is 49.4. The number of nitrogens with one attached hydrogen (secondary N) is 3. The third-order valence-electron chi connectivity index (χ3n) is 16.6. The van der Waals surface area contributed by atoms with Gasteiger partial charge in [-0.2, -0.15) is 0 Å². The molecule has 18 heteroatoms. The van der Waals surface area contributed by atoms with Crippen molar-refractivity contribution >= 4 is 58.5 Å². The number of H-pyrrole nitrogens is 1. The van der Waals surface area contributed by atoms with Crippen molar-refractivity contribution in [2.75, 3.05) is 43.4 Å². The topological polar surface area (TPSA) is 207 Å². The number of nitrogens with zero attached hydrogens (tertiary/aromatic N) is 3. The molecule has 6 heterocycles. The quantitative estimate of drug-likeness (QED) is 0.0645. The summed E-state index contributed by atoms with van der Waals surface area (Å²) in [5, 5.41) is 8.02. The number of carbonyl (C=O) groups excluding carboxylic acids is 6. The lowest BCUT2D eigenvalue weighted by Gasteiger charge is -2.26. The minimum absolute atomic E-state index is 0.0272. The Morgan fingerprint density at radius 1 is 0.437 bits per heavy atom. The van der Waals surface area contributed by atoms with Gasteiger partial charge in [0.05, 0.1) is 19.6 Å². The fourth-order valence-corrected chi connectivity index (χ4v) is 12.6. The first kappa shape index (κ1) is 60.8. The number of rotatable bonds is 15. The number of likely N-dealkylation sites (tertiary alicyclic amines) is 3. The molecule has 8 atom stereocenters. The van der Waals surface area contributed by atoms with E-state index < -0.39 is 0 Å². The molecule has 0 unspecified atom stereocenters. The molecular formula is C69H76N6O12. The summed E-state index contributed by atoms with van der Waals surface area (Å²) in [6.45, 7) is 7.68. The van der Waals surface area contributed by atoms with E-state index in [1.165, 1.54) is 31.9 Å². The molecule has 0 spiro atoms. The lowest BCUT2D eigenvalue weighted by atomic mass is 9.93. The van der Waals surface area contributed by atoms with E-state index in [0.29, 0.717) is 57.2 Å². The van der Waals surface area contributed by atoms with Crippen LogP contribution in [0.3, 0.4) is 0 Å². The molecule has 0 radical (unpaired) electrons. The summed E-state index contributed by atoms with van der Waals surface area (Å²) >= 11 is 0. The van der Waals surface area contributed by atoms with Crippen LogP contribution in [0.5, 0.6) is 0 Å². The van der Waals surface area contributed by atoms with E-state index in [2.05, 4.69) is 45.9 Å². The maximum Gasteiger partial charge on any atom is 0.410 e. The molecule has 18 nitrogen and oxygen atoms in total. The highest BCUT2D eigenvalue weighted by Crippen LogP contribution is 2.40. The summed E-state index contributed by atoms with van der Waals surface area (Å²) in [4.78, 5) is 81.2. The monoisotopic (exact) mass is 1180 g/mol. The van der Waals surface area contributed by atoms with Gasteiger partial charge in [0, 0.05) is 112 Å². The lowest BCUT2D eigenvalue weighted by Crippen LogP contribution is -2.37. The van der Waals surface area contributed by atoms with Crippen LogP contribution in [-0.2, 0) is 69.0 Å². The van der Waals surface area contributed by atoms with Crippen LogP contribution in [0, 0.1) is 0 Å². The highest BCUT2D eigenvalue weighted by atomic mass is 16.6. The predicted molar refractivity (Wildman–Crippen MR) is 328 cm³/mol. The molecule has 0 bridgehead atoms. The highest BCUT2D eigenvalue weighted by molar-refractivity contribution is 5.83. The average molecular weight is 1180 g/mol. The van der Waals surface area contributed by atoms with Gasteiger partial charge in [-0.1, -0.05) is 146 Å². The minimum Gasteiger partial charge on any atom is -0.461 e. The normalized spacial score (nSPS) is 21.3. The molecule has 3 saturated heterocycles. The Hall–Kier alpha value is -9.32. The van der Waals surface area contributed by atoms with Crippen LogP contribution < -0.4 is 10.6 Å². The maximum absolute atomic E-state index is 12.8. The average Bonchev–Trinajstić information content (AvgIpc) is 3.40. The summed E-state index contributed by atoms with van der Waals surface area (Å²) in [7, 11) is 0. The SMILES string of the molecule is CC(=O)O[C@H]1C[C@@H](C[C@@H]2CNc3ccccc32)N(C(=O)OCc2ccccc2)C1.CC(=O)O[C@H]1C[C@@H](C[C@H]2CNc3ccccc32)N(C(=O)OCc2ccccc2)C1.CC(=O)O[C@H]1C[C@@H](Cc2c[nH]c3ccccc23)N(C(=O)OCc2ccccc2)C1. The number of aromatic amines is 1. The van der Waals surface area contributed by atoms with E-state index in [1.54, 1.807) is 14.7 Å². The number of anilines is 2. The second-order valence-electron chi connectivity index (χ2n) is 22.8. The van der Waals surface area contributed by atoms with E-state index in [9.17, 15) is 28.8 Å². The second-order valence-corrected chi connectivity index (χ2v) is 22.8. The lowest BCUT2D eigenvalue weighted by molar-refractivity contribution is -0.146. The van der Waals surface area contributed by atoms with Crippen molar-refractivity contribution in [1.82, 2.24) is 19.7 Å². The van der Waals surface area contributed by atoms with Crippen molar-refractivity contribution in [1.29, 1.82) is 0 Å². The van der Waals surface area contributed by atoms with Crippen LogP contribution in [0.15, 0.2) is 170 Å². The molecule has 87 heavy (non-hydrogen) atoms. The van der Waals surface area contributed by atoms with Gasteiger partial charge in [-0.3, -0.25) is 14.4 Å². The van der Waals surface area contributed by atoms with Gasteiger partial charge in [0.25, 0.3) is 0 Å². The van der Waals surface area contributed by atoms with Crippen LogP contribution in [-0.4, -0.2) is 125 Å². The van der Waals surface area contributed by atoms with Gasteiger partial charge < -0.3 is 58.7 Å². The minimum atomic E-state index is -0.381. The maximum atomic E-state index is 12.8. The first-order valence-electron chi connectivity index (χ1n) is 29.9. The Morgan fingerprint density at radius 3 is 1.21 bits per heavy atom. The van der Waals surface area contributed by atoms with Crippen molar-refractivity contribution < 1.29 is 57.2 Å². The summed E-state index contributed by atoms with van der Waals surface area (Å²) in [5.74, 6) is -0.337. The second kappa shape index (κ2) is 29.2. The zero-order chi connectivity index (χ0) is 60.7. The standard InChI is InChI=1S/2C23H26N2O4.C23H24N2O4/c3*1-16(26)29-20-12-19(11-18-13-24-22-10-6-5-9-21(18)22)25(14-20)23(27)28-15-17-7-3-2-4-8-17/h2*2-10,18-20,24H,11-15H2,1H3;2-10,13,19-20,24H,11-12,14-15H2,1H3/t18-,19+,20-;18-,19-,20+;19-,20+/m011/s1. The number of fused-ring (bicyclic) bond motifs is 3. The molecule has 5 aliphatic rings. The van der Waals surface area contributed by atoms with Crippen molar-refractivity contribution in [2.45, 2.75) is 127 Å². The van der Waals surface area contributed by atoms with E-state index in [4.69, 9.17) is 28.4 Å². The van der Waals surface area contributed by atoms with Gasteiger partial charge in [-0.05, 0) is 70.8 Å². The number of carbonyl (C=O) groups is 6. The molecule has 3 amide bonds. The molecule has 0 aliphatic carbocycles. The molecule has 5 aliphatic heterocycles. The van der Waals surface area contributed by atoms with Crippen LogP contribution in [0.2, 0.25) is 0 Å². The van der Waals surface area contributed by atoms with Gasteiger partial charge in [0.1, 0.15) is 38.1 Å². The van der Waals surface area contributed by atoms with Crippen molar-refractivity contribution in [3.63, 3.8) is 0 Å². The predicted octanol–water partition coefficient (Wildman–Crippen LogP) is 11.9. The smallest absolute Gasteiger partial charge is 0.410 e. The van der Waals surface area contributed by atoms with Gasteiger partial charge in [-0.25, -0.2) is 14.4 Å². The first-order valence-corrected chi connectivity index (χ1v) is 29.9. The third kappa shape index (κ3) is 16.4. The number of para-hydroxylation sites is 3. The largest absolute Gasteiger partial charge is 0.461 e. The van der Waals surface area contributed by atoms with Gasteiger partial charge in [0.15, 0.2) is 0 Å². The van der Waals surface area contributed by atoms with Crippen LogP contribution >= 0.6 is 0 Å². The Balaban J connectivity index is 0.000000144. The van der Waals surface area contributed by atoms with E-state index in [1.807, 2.05) is 140 Å². The molecule has 12 rings (SSSR count). The molecule has 6 aromatic carbocycles. The molecule has 1 aromatic heterocycles. The Bertz CT molecular complexity index is 3310. The number of benzene rings is 6. The summed E-state index contributed by atoms with van der Waals surface area (Å²) in [6, 6.07) is 53.3. The van der Waals surface area contributed by atoms with Gasteiger partial charge in [-0.15, -0.1) is 0 Å².